The maximum absolute atomic E-state index is 12.9. The second kappa shape index (κ2) is 7.84. The van der Waals surface area contributed by atoms with Gasteiger partial charge >= 0.3 is 0 Å². The zero-order valence-electron chi connectivity index (χ0n) is 16.6. The van der Waals surface area contributed by atoms with Crippen LogP contribution in [0.2, 0.25) is 0 Å². The zero-order chi connectivity index (χ0) is 20.4. The Labute approximate surface area is 164 Å². The number of anilines is 2. The van der Waals surface area contributed by atoms with Gasteiger partial charge < -0.3 is 20.3 Å². The maximum Gasteiger partial charge on any atom is 0.246 e. The Morgan fingerprint density at radius 1 is 1.29 bits per heavy atom. The standard InChI is InChI=1S/C20H25N5O3/c1-12-10-25(15-6-5-7-16(8-15)28-4)19(27)11-24(12)18(26)9-17-13(2)22-20(21)23-14(17)3/h5-8,12H,9-11H2,1-4H3,(H2,21,22,23)/t12-/m1/s1. The molecule has 2 heterocycles. The third-order valence-electron chi connectivity index (χ3n) is 5.04. The Kier molecular flexibility index (Phi) is 5.48. The normalized spacial score (nSPS) is 17.0. The molecule has 2 aromatic rings. The summed E-state index contributed by atoms with van der Waals surface area (Å²) in [6, 6.07) is 7.24. The van der Waals surface area contributed by atoms with Gasteiger partial charge in [-0.2, -0.15) is 0 Å². The second-order valence-electron chi connectivity index (χ2n) is 6.98. The van der Waals surface area contributed by atoms with E-state index in [2.05, 4.69) is 9.97 Å². The van der Waals surface area contributed by atoms with Crippen molar-refractivity contribution in [3.63, 3.8) is 0 Å². The summed E-state index contributed by atoms with van der Waals surface area (Å²) >= 11 is 0. The molecule has 2 N–H and O–H groups in total. The highest BCUT2D eigenvalue weighted by Gasteiger charge is 2.33. The van der Waals surface area contributed by atoms with Gasteiger partial charge in [0.1, 0.15) is 12.3 Å². The highest BCUT2D eigenvalue weighted by Crippen LogP contribution is 2.25. The van der Waals surface area contributed by atoms with Gasteiger partial charge in [0, 0.05) is 41.3 Å². The van der Waals surface area contributed by atoms with Gasteiger partial charge in [0.25, 0.3) is 0 Å². The van der Waals surface area contributed by atoms with E-state index in [-0.39, 0.29) is 36.8 Å². The largest absolute Gasteiger partial charge is 0.497 e. The number of nitrogen functional groups attached to an aromatic ring is 1. The van der Waals surface area contributed by atoms with Crippen molar-refractivity contribution in [3.8, 4) is 5.75 Å². The number of hydrogen-bond acceptors (Lipinski definition) is 6. The first-order chi connectivity index (χ1) is 13.3. The Bertz CT molecular complexity index is 891. The van der Waals surface area contributed by atoms with Crippen LogP contribution in [0, 0.1) is 13.8 Å². The topological polar surface area (TPSA) is 102 Å². The molecule has 0 bridgehead atoms. The van der Waals surface area contributed by atoms with E-state index >= 15 is 0 Å². The van der Waals surface area contributed by atoms with Crippen molar-refractivity contribution in [1.82, 2.24) is 14.9 Å². The van der Waals surface area contributed by atoms with E-state index < -0.39 is 0 Å². The lowest BCUT2D eigenvalue weighted by molar-refractivity contribution is -0.138. The lowest BCUT2D eigenvalue weighted by Gasteiger charge is -2.39. The minimum atomic E-state index is -0.123. The van der Waals surface area contributed by atoms with Crippen LogP contribution < -0.4 is 15.4 Å². The minimum Gasteiger partial charge on any atom is -0.497 e. The van der Waals surface area contributed by atoms with Crippen LogP contribution >= 0.6 is 0 Å². The lowest BCUT2D eigenvalue weighted by Crippen LogP contribution is -2.57. The van der Waals surface area contributed by atoms with Crippen LogP contribution in [-0.2, 0) is 16.0 Å². The van der Waals surface area contributed by atoms with Gasteiger partial charge in [0.2, 0.25) is 17.8 Å². The second-order valence-corrected chi connectivity index (χ2v) is 6.98. The molecule has 2 amide bonds. The Balaban J connectivity index is 1.75. The number of hydrogen-bond donors (Lipinski definition) is 1. The van der Waals surface area contributed by atoms with Gasteiger partial charge in [0.15, 0.2) is 0 Å². The maximum atomic E-state index is 12.9. The number of carbonyl (C=O) groups is 2. The zero-order valence-corrected chi connectivity index (χ0v) is 16.6. The number of carbonyl (C=O) groups excluding carboxylic acids is 2. The molecule has 8 heteroatoms. The molecule has 1 aliphatic rings. The molecule has 148 valence electrons. The molecule has 3 rings (SSSR count). The van der Waals surface area contributed by atoms with Crippen LogP contribution in [0.15, 0.2) is 24.3 Å². The third kappa shape index (κ3) is 3.90. The van der Waals surface area contributed by atoms with Crippen molar-refractivity contribution in [2.45, 2.75) is 33.2 Å². The average molecular weight is 383 g/mol. The molecular weight excluding hydrogens is 358 g/mol. The van der Waals surface area contributed by atoms with Crippen LogP contribution in [0.1, 0.15) is 23.9 Å². The van der Waals surface area contributed by atoms with E-state index in [1.165, 1.54) is 0 Å². The molecular formula is C20H25N5O3. The molecule has 1 fully saturated rings. The van der Waals surface area contributed by atoms with Crippen molar-refractivity contribution in [2.24, 2.45) is 0 Å². The summed E-state index contributed by atoms with van der Waals surface area (Å²) in [6.45, 7) is 6.02. The van der Waals surface area contributed by atoms with Gasteiger partial charge in [-0.05, 0) is 32.9 Å². The molecule has 0 aliphatic carbocycles. The number of nitrogens with zero attached hydrogens (tertiary/aromatic N) is 4. The number of methoxy groups -OCH3 is 1. The van der Waals surface area contributed by atoms with Gasteiger partial charge in [-0.3, -0.25) is 9.59 Å². The number of aryl methyl sites for hydroxylation is 2. The van der Waals surface area contributed by atoms with Crippen molar-refractivity contribution in [2.75, 3.05) is 30.8 Å². The number of piperazine rings is 1. The van der Waals surface area contributed by atoms with E-state index in [0.29, 0.717) is 23.7 Å². The number of rotatable bonds is 4. The van der Waals surface area contributed by atoms with Crippen molar-refractivity contribution in [3.05, 3.63) is 41.2 Å². The van der Waals surface area contributed by atoms with Crippen LogP contribution in [0.3, 0.4) is 0 Å². The molecule has 0 unspecified atom stereocenters. The van der Waals surface area contributed by atoms with E-state index in [9.17, 15) is 9.59 Å². The SMILES string of the molecule is COc1cccc(N2C[C@@H](C)N(C(=O)Cc3c(C)nc(N)nc3C)CC2=O)c1. The fourth-order valence-electron chi connectivity index (χ4n) is 3.49. The molecule has 1 saturated heterocycles. The molecule has 0 spiro atoms. The summed E-state index contributed by atoms with van der Waals surface area (Å²) in [7, 11) is 1.59. The van der Waals surface area contributed by atoms with Gasteiger partial charge in [-0.15, -0.1) is 0 Å². The van der Waals surface area contributed by atoms with Crippen molar-refractivity contribution >= 4 is 23.5 Å². The van der Waals surface area contributed by atoms with E-state index in [4.69, 9.17) is 10.5 Å². The smallest absolute Gasteiger partial charge is 0.246 e. The summed E-state index contributed by atoms with van der Waals surface area (Å²) in [6.07, 6.45) is 0.148. The first kappa shape index (κ1) is 19.6. The number of nitrogens with two attached hydrogens (primary N) is 1. The summed E-state index contributed by atoms with van der Waals surface area (Å²) in [5, 5.41) is 0. The summed E-state index contributed by atoms with van der Waals surface area (Å²) in [5.74, 6) is 0.639. The highest BCUT2D eigenvalue weighted by molar-refractivity contribution is 5.98. The number of aromatic nitrogens is 2. The Hall–Kier alpha value is -3.16. The molecule has 1 atom stereocenters. The van der Waals surface area contributed by atoms with Crippen molar-refractivity contribution in [1.29, 1.82) is 0 Å². The van der Waals surface area contributed by atoms with Crippen LogP contribution in [0.25, 0.3) is 0 Å². The Morgan fingerprint density at radius 2 is 1.96 bits per heavy atom. The van der Waals surface area contributed by atoms with Gasteiger partial charge in [0.05, 0.1) is 13.5 Å². The van der Waals surface area contributed by atoms with Crippen LogP contribution in [0.5, 0.6) is 5.75 Å². The summed E-state index contributed by atoms with van der Waals surface area (Å²) in [4.78, 5) is 37.2. The quantitative estimate of drug-likeness (QED) is 0.858. The Morgan fingerprint density at radius 3 is 2.61 bits per heavy atom. The number of ether oxygens (including phenoxy) is 1. The minimum absolute atomic E-state index is 0.0329. The van der Waals surface area contributed by atoms with Gasteiger partial charge in [-0.1, -0.05) is 6.07 Å². The molecule has 0 saturated carbocycles. The van der Waals surface area contributed by atoms with E-state index in [0.717, 1.165) is 11.3 Å². The molecule has 1 aromatic heterocycles. The fourth-order valence-corrected chi connectivity index (χ4v) is 3.49. The number of benzene rings is 1. The molecule has 8 nitrogen and oxygen atoms in total. The fraction of sp³-hybridized carbons (Fsp3) is 0.400. The van der Waals surface area contributed by atoms with Gasteiger partial charge in [-0.25, -0.2) is 9.97 Å². The van der Waals surface area contributed by atoms with E-state index in [1.54, 1.807) is 16.9 Å². The predicted molar refractivity (Wildman–Crippen MR) is 106 cm³/mol. The molecule has 1 aromatic carbocycles. The first-order valence-electron chi connectivity index (χ1n) is 9.13. The van der Waals surface area contributed by atoms with E-state index in [1.807, 2.05) is 45.0 Å². The predicted octanol–water partition coefficient (Wildman–Crippen LogP) is 1.49. The molecule has 28 heavy (non-hydrogen) atoms. The monoisotopic (exact) mass is 383 g/mol. The number of amides is 2. The molecule has 0 radical (unpaired) electrons. The lowest BCUT2D eigenvalue weighted by atomic mass is 10.1. The van der Waals surface area contributed by atoms with Crippen LogP contribution in [-0.4, -0.2) is 52.9 Å². The summed E-state index contributed by atoms with van der Waals surface area (Å²) < 4.78 is 5.24. The summed E-state index contributed by atoms with van der Waals surface area (Å²) in [5.41, 5.74) is 8.56. The first-order valence-corrected chi connectivity index (χ1v) is 9.13. The highest BCUT2D eigenvalue weighted by atomic mass is 16.5. The van der Waals surface area contributed by atoms with Crippen LogP contribution in [0.4, 0.5) is 11.6 Å². The third-order valence-corrected chi connectivity index (χ3v) is 5.04. The van der Waals surface area contributed by atoms with Crippen molar-refractivity contribution < 1.29 is 14.3 Å². The molecule has 1 aliphatic heterocycles. The average Bonchev–Trinajstić information content (AvgIpc) is 2.66.